The lowest BCUT2D eigenvalue weighted by Crippen LogP contribution is -1.95. The zero-order valence-corrected chi connectivity index (χ0v) is 12.6. The molecule has 0 fully saturated rings. The Bertz CT molecular complexity index is 863. The third-order valence-electron chi connectivity index (χ3n) is 3.44. The molecule has 0 bridgehead atoms. The van der Waals surface area contributed by atoms with Crippen molar-refractivity contribution in [1.82, 2.24) is 9.61 Å². The summed E-state index contributed by atoms with van der Waals surface area (Å²) >= 11 is 6.17. The van der Waals surface area contributed by atoms with E-state index in [0.29, 0.717) is 21.9 Å². The van der Waals surface area contributed by atoms with Crippen LogP contribution in [0.3, 0.4) is 0 Å². The molecule has 0 amide bonds. The topological polar surface area (TPSA) is 46.8 Å². The number of benzene rings is 1. The molecule has 0 aliphatic carbocycles. The third kappa shape index (κ3) is 2.31. The SMILES string of the molecule is C#CC(O)c1c(-c2ccc(OC)cc2)nn2c(Cl)cccc12. The van der Waals surface area contributed by atoms with Crippen LogP contribution in [0.4, 0.5) is 0 Å². The van der Waals surface area contributed by atoms with Gasteiger partial charge < -0.3 is 9.84 Å². The number of hydrogen-bond donors (Lipinski definition) is 1. The minimum atomic E-state index is -1.06. The van der Waals surface area contributed by atoms with E-state index in [1.807, 2.05) is 30.3 Å². The Labute approximate surface area is 132 Å². The summed E-state index contributed by atoms with van der Waals surface area (Å²) in [6.07, 6.45) is 4.33. The number of aliphatic hydroxyl groups is 1. The van der Waals surface area contributed by atoms with Crippen LogP contribution in [0.5, 0.6) is 5.75 Å². The number of fused-ring (bicyclic) bond motifs is 1. The molecule has 0 saturated carbocycles. The molecule has 1 aromatic carbocycles. The predicted molar refractivity (Wildman–Crippen MR) is 86.0 cm³/mol. The van der Waals surface area contributed by atoms with Gasteiger partial charge in [0.2, 0.25) is 0 Å². The van der Waals surface area contributed by atoms with Gasteiger partial charge in [-0.1, -0.05) is 23.6 Å². The Balaban J connectivity index is 2.27. The number of rotatable bonds is 3. The van der Waals surface area contributed by atoms with Gasteiger partial charge in [0.05, 0.1) is 12.6 Å². The Kier molecular flexibility index (Phi) is 3.76. The fraction of sp³-hybridized carbons (Fsp3) is 0.118. The maximum atomic E-state index is 10.2. The van der Waals surface area contributed by atoms with Crippen LogP contribution in [-0.4, -0.2) is 21.8 Å². The molecular formula is C17H13ClN2O2. The van der Waals surface area contributed by atoms with Crippen LogP contribution in [0.2, 0.25) is 5.15 Å². The number of terminal acetylenes is 1. The predicted octanol–water partition coefficient (Wildman–Crippen LogP) is 3.33. The number of aromatic nitrogens is 2. The van der Waals surface area contributed by atoms with E-state index in [0.717, 1.165) is 11.3 Å². The average Bonchev–Trinajstić information content (AvgIpc) is 2.95. The summed E-state index contributed by atoms with van der Waals surface area (Å²) < 4.78 is 6.72. The number of hydrogen-bond acceptors (Lipinski definition) is 3. The van der Waals surface area contributed by atoms with Gasteiger partial charge in [-0.3, -0.25) is 0 Å². The van der Waals surface area contributed by atoms with E-state index in [9.17, 15) is 5.11 Å². The van der Waals surface area contributed by atoms with Crippen molar-refractivity contribution in [2.45, 2.75) is 6.10 Å². The molecule has 22 heavy (non-hydrogen) atoms. The number of methoxy groups -OCH3 is 1. The van der Waals surface area contributed by atoms with Gasteiger partial charge in [0.1, 0.15) is 22.7 Å². The summed E-state index contributed by atoms with van der Waals surface area (Å²) in [6, 6.07) is 12.7. The molecule has 2 aromatic heterocycles. The van der Waals surface area contributed by atoms with Crippen LogP contribution in [0.15, 0.2) is 42.5 Å². The summed E-state index contributed by atoms with van der Waals surface area (Å²) in [5.41, 5.74) is 2.67. The highest BCUT2D eigenvalue weighted by molar-refractivity contribution is 6.29. The van der Waals surface area contributed by atoms with Crippen molar-refractivity contribution < 1.29 is 9.84 Å². The molecule has 110 valence electrons. The van der Waals surface area contributed by atoms with E-state index in [-0.39, 0.29) is 0 Å². The van der Waals surface area contributed by atoms with E-state index >= 15 is 0 Å². The van der Waals surface area contributed by atoms with E-state index < -0.39 is 6.10 Å². The van der Waals surface area contributed by atoms with Crippen molar-refractivity contribution in [2.75, 3.05) is 7.11 Å². The van der Waals surface area contributed by atoms with Crippen LogP contribution in [0, 0.1) is 12.3 Å². The van der Waals surface area contributed by atoms with E-state index in [1.54, 1.807) is 23.8 Å². The fourth-order valence-corrected chi connectivity index (χ4v) is 2.57. The largest absolute Gasteiger partial charge is 0.497 e. The van der Waals surface area contributed by atoms with Gasteiger partial charge in [0, 0.05) is 11.1 Å². The Morgan fingerprint density at radius 3 is 2.64 bits per heavy atom. The first-order chi connectivity index (χ1) is 10.7. The van der Waals surface area contributed by atoms with Crippen molar-refractivity contribution in [3.8, 4) is 29.4 Å². The molecule has 1 unspecified atom stereocenters. The molecule has 2 heterocycles. The first-order valence-corrected chi connectivity index (χ1v) is 6.99. The van der Waals surface area contributed by atoms with Crippen molar-refractivity contribution in [1.29, 1.82) is 0 Å². The monoisotopic (exact) mass is 312 g/mol. The van der Waals surface area contributed by atoms with Gasteiger partial charge in [-0.2, -0.15) is 5.10 Å². The average molecular weight is 313 g/mol. The summed E-state index contributed by atoms with van der Waals surface area (Å²) in [7, 11) is 1.60. The molecule has 0 spiro atoms. The minimum absolute atomic E-state index is 0.447. The molecule has 1 N–H and O–H groups in total. The quantitative estimate of drug-likeness (QED) is 0.596. The van der Waals surface area contributed by atoms with Gasteiger partial charge in [-0.25, -0.2) is 4.52 Å². The van der Waals surface area contributed by atoms with Crippen LogP contribution in [0.1, 0.15) is 11.7 Å². The molecule has 0 saturated heterocycles. The van der Waals surface area contributed by atoms with Gasteiger partial charge in [0.15, 0.2) is 0 Å². The zero-order chi connectivity index (χ0) is 15.7. The number of aliphatic hydroxyl groups excluding tert-OH is 1. The molecular weight excluding hydrogens is 300 g/mol. The van der Waals surface area contributed by atoms with Crippen molar-refractivity contribution in [3.63, 3.8) is 0 Å². The standard InChI is InChI=1S/C17H13ClN2O2/c1-3-14(21)16-13-5-4-6-15(18)20(13)19-17(16)11-7-9-12(22-2)10-8-11/h1,4-10,14,21H,2H3. The number of pyridine rings is 1. The lowest BCUT2D eigenvalue weighted by molar-refractivity contribution is 0.240. The number of halogens is 1. The van der Waals surface area contributed by atoms with Crippen LogP contribution in [-0.2, 0) is 0 Å². The first kappa shape index (κ1) is 14.5. The Hall–Kier alpha value is -2.48. The lowest BCUT2D eigenvalue weighted by Gasteiger charge is -2.06. The van der Waals surface area contributed by atoms with Gasteiger partial charge >= 0.3 is 0 Å². The third-order valence-corrected chi connectivity index (χ3v) is 3.73. The summed E-state index contributed by atoms with van der Waals surface area (Å²) in [5, 5.41) is 15.1. The second-order valence-electron chi connectivity index (χ2n) is 4.71. The normalized spacial score (nSPS) is 12.1. The number of nitrogens with zero attached hydrogens (tertiary/aromatic N) is 2. The van der Waals surface area contributed by atoms with Crippen LogP contribution >= 0.6 is 11.6 Å². The minimum Gasteiger partial charge on any atom is -0.497 e. The summed E-state index contributed by atoms with van der Waals surface area (Å²) in [6.45, 7) is 0. The van der Waals surface area contributed by atoms with Crippen molar-refractivity contribution in [2.24, 2.45) is 0 Å². The fourth-order valence-electron chi connectivity index (χ4n) is 2.37. The summed E-state index contributed by atoms with van der Waals surface area (Å²) in [4.78, 5) is 0. The molecule has 3 aromatic rings. The molecule has 4 nitrogen and oxygen atoms in total. The zero-order valence-electron chi connectivity index (χ0n) is 11.8. The Morgan fingerprint density at radius 2 is 2.00 bits per heavy atom. The lowest BCUT2D eigenvalue weighted by atomic mass is 10.0. The number of ether oxygens (including phenoxy) is 1. The van der Waals surface area contributed by atoms with Gasteiger partial charge in [-0.15, -0.1) is 6.42 Å². The second kappa shape index (κ2) is 5.72. The van der Waals surface area contributed by atoms with Crippen molar-refractivity contribution >= 4 is 17.1 Å². The second-order valence-corrected chi connectivity index (χ2v) is 5.09. The maximum Gasteiger partial charge on any atom is 0.144 e. The van der Waals surface area contributed by atoms with E-state index in [2.05, 4.69) is 11.0 Å². The van der Waals surface area contributed by atoms with E-state index in [4.69, 9.17) is 22.8 Å². The molecule has 0 aliphatic heterocycles. The maximum absolute atomic E-state index is 10.2. The molecule has 0 radical (unpaired) electrons. The van der Waals surface area contributed by atoms with E-state index in [1.165, 1.54) is 0 Å². The highest BCUT2D eigenvalue weighted by Gasteiger charge is 2.20. The smallest absolute Gasteiger partial charge is 0.144 e. The summed E-state index contributed by atoms with van der Waals surface area (Å²) in [5.74, 6) is 3.09. The molecule has 5 heteroatoms. The molecule has 3 rings (SSSR count). The Morgan fingerprint density at radius 1 is 1.27 bits per heavy atom. The van der Waals surface area contributed by atoms with Crippen LogP contribution < -0.4 is 4.74 Å². The molecule has 1 atom stereocenters. The van der Waals surface area contributed by atoms with Crippen LogP contribution in [0.25, 0.3) is 16.8 Å². The van der Waals surface area contributed by atoms with Crippen molar-refractivity contribution in [3.05, 3.63) is 53.2 Å². The molecule has 0 aliphatic rings. The highest BCUT2D eigenvalue weighted by atomic mass is 35.5. The van der Waals surface area contributed by atoms with Gasteiger partial charge in [-0.05, 0) is 36.4 Å². The highest BCUT2D eigenvalue weighted by Crippen LogP contribution is 2.33. The first-order valence-electron chi connectivity index (χ1n) is 6.61. The van der Waals surface area contributed by atoms with Gasteiger partial charge in [0.25, 0.3) is 0 Å².